The number of rotatable bonds is 0. The molecular weight excluding hydrogens is 212 g/mol. The van der Waals surface area contributed by atoms with Crippen molar-refractivity contribution in [1.82, 2.24) is 0 Å². The Balaban J connectivity index is 1.97. The van der Waals surface area contributed by atoms with Crippen LogP contribution in [0, 0.1) is 17.3 Å². The summed E-state index contributed by atoms with van der Waals surface area (Å²) >= 11 is 0. The third kappa shape index (κ3) is 1.50. The van der Waals surface area contributed by atoms with Crippen LogP contribution in [0.4, 0.5) is 0 Å². The molecule has 0 aromatic heterocycles. The summed E-state index contributed by atoms with van der Waals surface area (Å²) in [7, 11) is 0. The number of carbonyl (C=O) groups is 1. The van der Waals surface area contributed by atoms with E-state index in [1.807, 2.05) is 6.92 Å². The molecule has 1 aliphatic heterocycles. The van der Waals surface area contributed by atoms with E-state index in [4.69, 9.17) is 4.74 Å². The van der Waals surface area contributed by atoms with Crippen molar-refractivity contribution in [3.63, 3.8) is 0 Å². The molecule has 3 unspecified atom stereocenters. The summed E-state index contributed by atoms with van der Waals surface area (Å²) in [6.07, 6.45) is 5.56. The molecule has 1 saturated carbocycles. The fraction of sp³-hybridized carbons (Fsp3) is 0.667. The lowest BCUT2D eigenvalue weighted by molar-refractivity contribution is -0.140. The van der Waals surface area contributed by atoms with Crippen LogP contribution < -0.4 is 0 Å². The minimum atomic E-state index is -0.0529. The molecule has 0 spiro atoms. The predicted molar refractivity (Wildman–Crippen MR) is 66.1 cm³/mol. The molecule has 17 heavy (non-hydrogen) atoms. The van der Waals surface area contributed by atoms with Gasteiger partial charge in [0.1, 0.15) is 5.76 Å². The molecule has 92 valence electrons. The lowest BCUT2D eigenvalue weighted by Crippen LogP contribution is -2.36. The van der Waals surface area contributed by atoms with Crippen LogP contribution in [0.15, 0.2) is 23.5 Å². The molecule has 2 aliphatic carbocycles. The Hall–Kier alpha value is -1.05. The van der Waals surface area contributed by atoms with Crippen molar-refractivity contribution < 1.29 is 9.53 Å². The highest BCUT2D eigenvalue weighted by molar-refractivity contribution is 5.80. The molecule has 0 bridgehead atoms. The smallest absolute Gasteiger partial charge is 0.317 e. The van der Waals surface area contributed by atoms with Crippen molar-refractivity contribution in [3.05, 3.63) is 23.5 Å². The van der Waals surface area contributed by atoms with Crippen LogP contribution >= 0.6 is 0 Å². The van der Waals surface area contributed by atoms with Gasteiger partial charge in [0.25, 0.3) is 0 Å². The van der Waals surface area contributed by atoms with Crippen LogP contribution in [0.3, 0.4) is 0 Å². The Bertz CT molecular complexity index is 432. The Morgan fingerprint density at radius 2 is 2.24 bits per heavy atom. The molecule has 0 saturated heterocycles. The summed E-state index contributed by atoms with van der Waals surface area (Å²) in [6, 6.07) is 0. The fourth-order valence-corrected chi connectivity index (χ4v) is 3.85. The Labute approximate surface area is 103 Å². The molecule has 0 aromatic rings. The minimum absolute atomic E-state index is 0.0238. The zero-order valence-electron chi connectivity index (χ0n) is 10.7. The molecule has 0 N–H and O–H groups in total. The van der Waals surface area contributed by atoms with Crippen molar-refractivity contribution >= 4 is 5.97 Å². The molecule has 1 heterocycles. The van der Waals surface area contributed by atoms with Gasteiger partial charge >= 0.3 is 5.97 Å². The van der Waals surface area contributed by atoms with Crippen molar-refractivity contribution in [3.8, 4) is 0 Å². The molecular formula is C15H20O2. The van der Waals surface area contributed by atoms with Crippen molar-refractivity contribution in [1.29, 1.82) is 0 Å². The second-order valence-corrected chi connectivity index (χ2v) is 6.19. The molecule has 0 aromatic carbocycles. The van der Waals surface area contributed by atoms with E-state index >= 15 is 0 Å². The normalized spacial score (nSPS) is 41.1. The van der Waals surface area contributed by atoms with Gasteiger partial charge in [-0.05, 0) is 49.5 Å². The summed E-state index contributed by atoms with van der Waals surface area (Å²) in [5.41, 5.74) is 2.91. The number of allylic oxidation sites excluding steroid dienone is 2. The van der Waals surface area contributed by atoms with Crippen LogP contribution in [-0.2, 0) is 9.53 Å². The summed E-state index contributed by atoms with van der Waals surface area (Å²) < 4.78 is 5.44. The third-order valence-electron chi connectivity index (χ3n) is 5.03. The number of carbonyl (C=O) groups excluding carboxylic acids is 1. The molecule has 0 amide bonds. The van der Waals surface area contributed by atoms with Gasteiger partial charge in [-0.1, -0.05) is 19.1 Å². The Morgan fingerprint density at radius 1 is 1.47 bits per heavy atom. The summed E-state index contributed by atoms with van der Waals surface area (Å²) in [6.45, 7) is 8.56. The van der Waals surface area contributed by atoms with Crippen LogP contribution in [0.5, 0.6) is 0 Å². The second kappa shape index (κ2) is 3.47. The van der Waals surface area contributed by atoms with Gasteiger partial charge < -0.3 is 4.74 Å². The van der Waals surface area contributed by atoms with E-state index in [0.717, 1.165) is 25.0 Å². The topological polar surface area (TPSA) is 26.3 Å². The molecule has 3 aliphatic rings. The van der Waals surface area contributed by atoms with Gasteiger partial charge in [-0.3, -0.25) is 4.79 Å². The molecule has 1 fully saturated rings. The molecule has 0 radical (unpaired) electrons. The zero-order valence-corrected chi connectivity index (χ0v) is 10.7. The first-order valence-corrected chi connectivity index (χ1v) is 6.62. The van der Waals surface area contributed by atoms with Gasteiger partial charge in [0.15, 0.2) is 0 Å². The Kier molecular flexibility index (Phi) is 2.26. The molecule has 2 nitrogen and oxygen atoms in total. The van der Waals surface area contributed by atoms with E-state index < -0.39 is 0 Å². The second-order valence-electron chi connectivity index (χ2n) is 6.19. The maximum absolute atomic E-state index is 11.6. The number of ether oxygens (including phenoxy) is 1. The number of hydrogen-bond acceptors (Lipinski definition) is 2. The van der Waals surface area contributed by atoms with Gasteiger partial charge in [-0.15, -0.1) is 0 Å². The van der Waals surface area contributed by atoms with E-state index in [2.05, 4.69) is 13.5 Å². The van der Waals surface area contributed by atoms with Crippen LogP contribution in [0.25, 0.3) is 0 Å². The fourth-order valence-electron chi connectivity index (χ4n) is 3.85. The third-order valence-corrected chi connectivity index (χ3v) is 5.03. The summed E-state index contributed by atoms with van der Waals surface area (Å²) in [5, 5.41) is 0. The average molecular weight is 232 g/mol. The monoisotopic (exact) mass is 232 g/mol. The quantitative estimate of drug-likeness (QED) is 0.471. The van der Waals surface area contributed by atoms with E-state index in [9.17, 15) is 4.79 Å². The maximum Gasteiger partial charge on any atom is 0.317 e. The average Bonchev–Trinajstić information content (AvgIpc) is 2.52. The summed E-state index contributed by atoms with van der Waals surface area (Å²) in [4.78, 5) is 11.6. The van der Waals surface area contributed by atoms with Crippen molar-refractivity contribution in [2.24, 2.45) is 17.3 Å². The largest absolute Gasteiger partial charge is 0.431 e. The maximum atomic E-state index is 11.6. The highest BCUT2D eigenvalue weighted by Gasteiger charge is 2.47. The van der Waals surface area contributed by atoms with E-state index in [0.29, 0.717) is 5.92 Å². The molecule has 3 atom stereocenters. The van der Waals surface area contributed by atoms with Gasteiger partial charge in [-0.2, -0.15) is 0 Å². The van der Waals surface area contributed by atoms with E-state index in [1.165, 1.54) is 24.0 Å². The van der Waals surface area contributed by atoms with Gasteiger partial charge in [0.2, 0.25) is 0 Å². The van der Waals surface area contributed by atoms with Crippen molar-refractivity contribution in [2.75, 3.05) is 0 Å². The lowest BCUT2D eigenvalue weighted by Gasteiger charge is -2.46. The Morgan fingerprint density at radius 3 is 3.00 bits per heavy atom. The van der Waals surface area contributed by atoms with Gasteiger partial charge in [0, 0.05) is 6.42 Å². The van der Waals surface area contributed by atoms with Crippen LogP contribution in [0.2, 0.25) is 0 Å². The van der Waals surface area contributed by atoms with Crippen molar-refractivity contribution in [2.45, 2.75) is 46.0 Å². The highest BCUT2D eigenvalue weighted by atomic mass is 16.5. The standard InChI is InChI=1S/C15H20O2/c1-9-5-4-6-15(3)8-13-11(7-12(9)15)10(2)14(16)17-13/h10,12H,1,4-8H2,2-3H3. The first-order valence-electron chi connectivity index (χ1n) is 6.62. The SMILES string of the molecule is C=C1CCCC2(C)CC3=C(CC12)C(C)C(=O)O3. The number of esters is 1. The first kappa shape index (κ1) is 11.1. The minimum Gasteiger partial charge on any atom is -0.431 e. The number of hydrogen-bond donors (Lipinski definition) is 0. The van der Waals surface area contributed by atoms with Gasteiger partial charge in [0.05, 0.1) is 5.92 Å². The lowest BCUT2D eigenvalue weighted by atomic mass is 9.58. The van der Waals surface area contributed by atoms with Gasteiger partial charge in [-0.25, -0.2) is 0 Å². The van der Waals surface area contributed by atoms with Crippen LogP contribution in [-0.4, -0.2) is 5.97 Å². The van der Waals surface area contributed by atoms with E-state index in [1.54, 1.807) is 0 Å². The number of fused-ring (bicyclic) bond motifs is 1. The predicted octanol–water partition coefficient (Wildman–Crippen LogP) is 3.59. The molecule has 3 rings (SSSR count). The zero-order chi connectivity index (χ0) is 12.2. The first-order chi connectivity index (χ1) is 8.01. The van der Waals surface area contributed by atoms with Crippen LogP contribution in [0.1, 0.15) is 46.0 Å². The molecule has 2 heteroatoms. The van der Waals surface area contributed by atoms with E-state index in [-0.39, 0.29) is 17.3 Å². The highest BCUT2D eigenvalue weighted by Crippen LogP contribution is 2.56. The summed E-state index contributed by atoms with van der Waals surface area (Å²) in [5.74, 6) is 1.47.